The zero-order chi connectivity index (χ0) is 17.4. The van der Waals surface area contributed by atoms with Gasteiger partial charge in [0.25, 0.3) is 5.91 Å². The Morgan fingerprint density at radius 2 is 2.22 bits per heavy atom. The minimum atomic E-state index is -0.965. The Morgan fingerprint density at radius 1 is 1.52 bits per heavy atom. The molecule has 0 aromatic heterocycles. The maximum atomic E-state index is 13.0. The van der Waals surface area contributed by atoms with Gasteiger partial charge in [0.05, 0.1) is 17.5 Å². The molecule has 0 aliphatic heterocycles. The number of carbonyl (C=O) groups excluding carboxylic acids is 2. The van der Waals surface area contributed by atoms with Gasteiger partial charge in [-0.25, -0.2) is 9.18 Å². The van der Waals surface area contributed by atoms with Crippen LogP contribution >= 0.6 is 11.6 Å². The molecule has 0 aliphatic carbocycles. The molecule has 7 heteroatoms. The van der Waals surface area contributed by atoms with E-state index in [0.717, 1.165) is 6.08 Å². The highest BCUT2D eigenvalue weighted by Gasteiger charge is 2.20. The lowest BCUT2D eigenvalue weighted by Gasteiger charge is -2.19. The Bertz CT molecular complexity index is 655. The second-order valence-electron chi connectivity index (χ2n) is 4.75. The Kier molecular flexibility index (Phi) is 7.23. The molecule has 0 unspecified atom stereocenters. The fourth-order valence-electron chi connectivity index (χ4n) is 1.68. The van der Waals surface area contributed by atoms with E-state index in [0.29, 0.717) is 5.56 Å². The maximum Gasteiger partial charge on any atom is 0.331 e. The van der Waals surface area contributed by atoms with Crippen molar-refractivity contribution in [1.29, 1.82) is 5.26 Å². The van der Waals surface area contributed by atoms with Gasteiger partial charge in [-0.1, -0.05) is 17.7 Å². The molecule has 0 heterocycles. The maximum absolute atomic E-state index is 13.0. The predicted molar refractivity (Wildman–Crippen MR) is 83.9 cm³/mol. The number of benzene rings is 1. The monoisotopic (exact) mass is 338 g/mol. The molecule has 122 valence electrons. The van der Waals surface area contributed by atoms with Crippen molar-refractivity contribution in [2.45, 2.75) is 19.4 Å². The summed E-state index contributed by atoms with van der Waals surface area (Å²) < 4.78 is 18.0. The third-order valence-corrected chi connectivity index (χ3v) is 3.22. The summed E-state index contributed by atoms with van der Waals surface area (Å²) >= 11 is 5.63. The number of rotatable bonds is 6. The van der Waals surface area contributed by atoms with Crippen LogP contribution in [0.5, 0.6) is 0 Å². The van der Waals surface area contributed by atoms with Crippen molar-refractivity contribution in [3.8, 4) is 6.07 Å². The van der Waals surface area contributed by atoms with Crippen LogP contribution in [0.4, 0.5) is 4.39 Å². The number of nitriles is 1. The quantitative estimate of drug-likeness (QED) is 0.590. The predicted octanol–water partition coefficient (Wildman–Crippen LogP) is 2.80. The number of ether oxygens (including phenoxy) is 1. The third kappa shape index (κ3) is 6.09. The molecule has 1 rings (SSSR count). The van der Waals surface area contributed by atoms with Crippen LogP contribution in [0, 0.1) is 17.1 Å². The topological polar surface area (TPSA) is 70.4 Å². The smallest absolute Gasteiger partial charge is 0.331 e. The van der Waals surface area contributed by atoms with Crippen molar-refractivity contribution in [2.75, 3.05) is 13.6 Å². The third-order valence-electron chi connectivity index (χ3n) is 2.93. The van der Waals surface area contributed by atoms with Crippen LogP contribution in [0.25, 0.3) is 6.08 Å². The van der Waals surface area contributed by atoms with Crippen LogP contribution in [0.1, 0.15) is 18.9 Å². The molecule has 1 amide bonds. The minimum absolute atomic E-state index is 0.0526. The largest absolute Gasteiger partial charge is 0.449 e. The summed E-state index contributed by atoms with van der Waals surface area (Å²) in [6, 6.07) is 5.93. The number of halogens is 2. The first kappa shape index (κ1) is 18.7. The number of likely N-dealkylation sites (N-methyl/N-ethyl adjacent to an activating group) is 1. The average Bonchev–Trinajstić information content (AvgIpc) is 2.52. The van der Waals surface area contributed by atoms with Crippen molar-refractivity contribution < 1.29 is 18.7 Å². The van der Waals surface area contributed by atoms with Gasteiger partial charge in [-0.15, -0.1) is 0 Å². The lowest BCUT2D eigenvalue weighted by molar-refractivity contribution is -0.154. The van der Waals surface area contributed by atoms with E-state index in [4.69, 9.17) is 21.6 Å². The molecular formula is C16H16ClFN2O3. The van der Waals surface area contributed by atoms with E-state index >= 15 is 0 Å². The fourth-order valence-corrected chi connectivity index (χ4v) is 1.87. The van der Waals surface area contributed by atoms with Gasteiger partial charge in [0.2, 0.25) is 0 Å². The highest BCUT2D eigenvalue weighted by atomic mass is 35.5. The molecular weight excluding hydrogens is 323 g/mol. The SMILES string of the molecule is C[C@H](OC(=O)/C=C/c1ccc(F)c(Cl)c1)C(=O)N(C)CCC#N. The highest BCUT2D eigenvalue weighted by molar-refractivity contribution is 6.30. The zero-order valence-electron chi connectivity index (χ0n) is 12.8. The Hall–Kier alpha value is -2.39. The van der Waals surface area contributed by atoms with E-state index in [9.17, 15) is 14.0 Å². The van der Waals surface area contributed by atoms with Gasteiger partial charge in [0.1, 0.15) is 5.82 Å². The number of esters is 1. The van der Waals surface area contributed by atoms with E-state index in [-0.39, 0.29) is 18.0 Å². The summed E-state index contributed by atoms with van der Waals surface area (Å²) in [4.78, 5) is 24.9. The molecule has 0 spiro atoms. The van der Waals surface area contributed by atoms with Gasteiger partial charge < -0.3 is 9.64 Å². The van der Waals surface area contributed by atoms with Gasteiger partial charge >= 0.3 is 5.97 Å². The van der Waals surface area contributed by atoms with E-state index < -0.39 is 23.8 Å². The molecule has 0 fully saturated rings. The fraction of sp³-hybridized carbons (Fsp3) is 0.312. The van der Waals surface area contributed by atoms with Gasteiger partial charge in [-0.2, -0.15) is 5.26 Å². The summed E-state index contributed by atoms with van der Waals surface area (Å²) in [5.74, 6) is -1.65. The normalized spacial score (nSPS) is 11.8. The number of hydrogen-bond donors (Lipinski definition) is 0. The van der Waals surface area contributed by atoms with Crippen LogP contribution in [0.15, 0.2) is 24.3 Å². The van der Waals surface area contributed by atoms with Crippen LogP contribution in [-0.2, 0) is 14.3 Å². The van der Waals surface area contributed by atoms with E-state index in [1.165, 1.54) is 43.1 Å². The molecule has 23 heavy (non-hydrogen) atoms. The van der Waals surface area contributed by atoms with Gasteiger partial charge in [-0.3, -0.25) is 4.79 Å². The summed E-state index contributed by atoms with van der Waals surface area (Å²) in [5.41, 5.74) is 0.526. The standard InChI is InChI=1S/C16H16ClFN2O3/c1-11(16(22)20(2)9-3-8-19)23-15(21)7-5-12-4-6-14(18)13(17)10-12/h4-7,10-11H,3,9H2,1-2H3/b7-5+/t11-/m0/s1. The van der Waals surface area contributed by atoms with Crippen LogP contribution in [-0.4, -0.2) is 36.5 Å². The number of carbonyl (C=O) groups is 2. The number of hydrogen-bond acceptors (Lipinski definition) is 4. The average molecular weight is 339 g/mol. The second kappa shape index (κ2) is 8.91. The second-order valence-corrected chi connectivity index (χ2v) is 5.16. The van der Waals surface area contributed by atoms with Crippen molar-refractivity contribution in [1.82, 2.24) is 4.90 Å². The lowest BCUT2D eigenvalue weighted by Crippen LogP contribution is -2.37. The Labute approximate surface area is 138 Å². The van der Waals surface area contributed by atoms with Crippen LogP contribution < -0.4 is 0 Å². The molecule has 0 saturated carbocycles. The first-order chi connectivity index (χ1) is 10.8. The van der Waals surface area contributed by atoms with Crippen molar-refractivity contribution in [3.05, 3.63) is 40.7 Å². The van der Waals surface area contributed by atoms with Crippen molar-refractivity contribution >= 4 is 29.6 Å². The van der Waals surface area contributed by atoms with E-state index in [2.05, 4.69) is 0 Å². The van der Waals surface area contributed by atoms with Crippen LogP contribution in [0.3, 0.4) is 0 Å². The molecule has 1 aromatic carbocycles. The molecule has 0 bridgehead atoms. The summed E-state index contributed by atoms with van der Waals surface area (Å²) in [6.45, 7) is 1.72. The summed E-state index contributed by atoms with van der Waals surface area (Å²) in [5, 5.41) is 8.43. The lowest BCUT2D eigenvalue weighted by atomic mass is 10.2. The van der Waals surface area contributed by atoms with Gasteiger partial charge in [0, 0.05) is 19.7 Å². The molecule has 0 N–H and O–H groups in total. The molecule has 0 radical (unpaired) electrons. The first-order valence-electron chi connectivity index (χ1n) is 6.80. The minimum Gasteiger partial charge on any atom is -0.449 e. The van der Waals surface area contributed by atoms with E-state index in [1.54, 1.807) is 0 Å². The Balaban J connectivity index is 2.58. The number of amides is 1. The molecule has 1 aromatic rings. The van der Waals surface area contributed by atoms with Crippen LogP contribution in [0.2, 0.25) is 5.02 Å². The van der Waals surface area contributed by atoms with Gasteiger partial charge in [-0.05, 0) is 30.7 Å². The van der Waals surface area contributed by atoms with Gasteiger partial charge in [0.15, 0.2) is 6.10 Å². The number of nitrogens with zero attached hydrogens (tertiary/aromatic N) is 2. The van der Waals surface area contributed by atoms with Crippen molar-refractivity contribution in [3.63, 3.8) is 0 Å². The van der Waals surface area contributed by atoms with Crippen molar-refractivity contribution in [2.24, 2.45) is 0 Å². The van der Waals surface area contributed by atoms with E-state index in [1.807, 2.05) is 6.07 Å². The highest BCUT2D eigenvalue weighted by Crippen LogP contribution is 2.16. The summed E-state index contributed by atoms with van der Waals surface area (Å²) in [6.07, 6.45) is 1.77. The molecule has 0 aliphatic rings. The Morgan fingerprint density at radius 3 is 2.83 bits per heavy atom. The summed E-state index contributed by atoms with van der Waals surface area (Å²) in [7, 11) is 1.53. The zero-order valence-corrected chi connectivity index (χ0v) is 13.5. The molecule has 0 saturated heterocycles. The molecule has 1 atom stereocenters. The molecule has 5 nitrogen and oxygen atoms in total. The first-order valence-corrected chi connectivity index (χ1v) is 7.18.